The molecule has 41 heavy (non-hydrogen) atoms. The first-order valence-corrected chi connectivity index (χ1v) is 15.1. The van der Waals surface area contributed by atoms with Crippen molar-refractivity contribution in [3.63, 3.8) is 0 Å². The molecule has 0 aliphatic heterocycles. The molecular formula is C38H52Cl2Zr. The first-order valence-electron chi connectivity index (χ1n) is 15.1. The molecule has 1 atom stereocenters. The molecule has 2 aromatic rings. The largest absolute Gasteiger partial charge is 2.00 e. The van der Waals surface area contributed by atoms with Gasteiger partial charge in [-0.15, -0.1) is 0 Å². The standard InChI is InChI=1S/C38H52.2ClH.Zr/c1-22(2)38(15-14-25-18-26(19-33(25)38)35(5,6)7)34-29-16-23(3)31(36(8,9)10)20-27(29)28-21-32(37(11,12)13)24(4)17-30(28)34;;;/h16-17,19-22,34H,14-15,18H2,1-13H3;2*1H;/q;;;+2/p-2. The van der Waals surface area contributed by atoms with Gasteiger partial charge in [0.15, 0.2) is 0 Å². The normalized spacial score (nSPS) is 20.2. The second-order valence-electron chi connectivity index (χ2n) is 16.3. The Hall–Kier alpha value is -0.617. The van der Waals surface area contributed by atoms with Crippen molar-refractivity contribution in [3.05, 3.63) is 80.4 Å². The van der Waals surface area contributed by atoms with Crippen LogP contribution in [0.3, 0.4) is 0 Å². The van der Waals surface area contributed by atoms with Gasteiger partial charge in [0.25, 0.3) is 0 Å². The van der Waals surface area contributed by atoms with Gasteiger partial charge in [-0.2, -0.15) is 0 Å². The van der Waals surface area contributed by atoms with Crippen LogP contribution in [0.25, 0.3) is 11.1 Å². The van der Waals surface area contributed by atoms with Crippen LogP contribution in [0, 0.1) is 30.6 Å². The SMILES string of the molecule is Cc1cc2c(cc1C(C)(C)C)-c1cc(C(C)(C)C)c(C)cc1C2C1(C(C)C)CCC2=C1C=C(C(C)(C)C)C2.[Cl-].[Cl-].[Zr+2]. The summed E-state index contributed by atoms with van der Waals surface area (Å²) in [5, 5.41) is 0. The molecule has 0 spiro atoms. The van der Waals surface area contributed by atoms with Gasteiger partial charge >= 0.3 is 26.2 Å². The fourth-order valence-electron chi connectivity index (χ4n) is 8.29. The molecule has 2 aromatic carbocycles. The van der Waals surface area contributed by atoms with Gasteiger partial charge in [0, 0.05) is 11.3 Å². The number of benzene rings is 2. The van der Waals surface area contributed by atoms with Gasteiger partial charge in [0.05, 0.1) is 0 Å². The zero-order valence-electron chi connectivity index (χ0n) is 27.9. The van der Waals surface area contributed by atoms with E-state index in [0.29, 0.717) is 11.8 Å². The molecular weight excluding hydrogens is 619 g/mol. The smallest absolute Gasteiger partial charge is 1.00 e. The van der Waals surface area contributed by atoms with E-state index in [4.69, 9.17) is 0 Å². The van der Waals surface area contributed by atoms with Crippen LogP contribution in [0.5, 0.6) is 0 Å². The maximum absolute atomic E-state index is 2.66. The predicted molar refractivity (Wildman–Crippen MR) is 166 cm³/mol. The summed E-state index contributed by atoms with van der Waals surface area (Å²) in [5.41, 5.74) is 17.7. The van der Waals surface area contributed by atoms with E-state index in [-0.39, 0.29) is 72.7 Å². The van der Waals surface area contributed by atoms with Gasteiger partial charge in [-0.05, 0) is 105 Å². The van der Waals surface area contributed by atoms with Crippen molar-refractivity contribution in [3.8, 4) is 11.1 Å². The van der Waals surface area contributed by atoms with E-state index < -0.39 is 0 Å². The monoisotopic (exact) mass is 668 g/mol. The van der Waals surface area contributed by atoms with Crippen LogP contribution in [0.4, 0.5) is 0 Å². The molecule has 0 bridgehead atoms. The molecule has 3 aliphatic rings. The maximum atomic E-state index is 2.66. The zero-order valence-corrected chi connectivity index (χ0v) is 31.9. The maximum Gasteiger partial charge on any atom is 2.00 e. The van der Waals surface area contributed by atoms with E-state index >= 15 is 0 Å². The summed E-state index contributed by atoms with van der Waals surface area (Å²) in [4.78, 5) is 0. The average Bonchev–Trinajstić information content (AvgIpc) is 3.41. The van der Waals surface area contributed by atoms with Crippen molar-refractivity contribution in [2.45, 2.75) is 126 Å². The van der Waals surface area contributed by atoms with Crippen LogP contribution in [0.1, 0.15) is 135 Å². The third kappa shape index (κ3) is 5.80. The third-order valence-corrected chi connectivity index (χ3v) is 10.3. The topological polar surface area (TPSA) is 0 Å². The predicted octanol–water partition coefficient (Wildman–Crippen LogP) is 5.13. The van der Waals surface area contributed by atoms with Crippen LogP contribution >= 0.6 is 0 Å². The number of rotatable bonds is 2. The number of aryl methyl sites for hydroxylation is 2. The quantitative estimate of drug-likeness (QED) is 0.416. The van der Waals surface area contributed by atoms with Crippen molar-refractivity contribution in [1.82, 2.24) is 0 Å². The van der Waals surface area contributed by atoms with Gasteiger partial charge in [-0.1, -0.05) is 118 Å². The van der Waals surface area contributed by atoms with Gasteiger partial charge in [0.1, 0.15) is 0 Å². The van der Waals surface area contributed by atoms with E-state index in [9.17, 15) is 0 Å². The molecule has 0 heterocycles. The van der Waals surface area contributed by atoms with Crippen LogP contribution in [-0.2, 0) is 37.0 Å². The molecule has 3 aliphatic carbocycles. The molecule has 0 saturated heterocycles. The van der Waals surface area contributed by atoms with Crippen LogP contribution in [0.2, 0.25) is 0 Å². The molecule has 0 amide bonds. The summed E-state index contributed by atoms with van der Waals surface area (Å²) in [6.07, 6.45) is 6.37. The molecule has 3 heteroatoms. The Labute approximate surface area is 283 Å². The number of fused-ring (bicyclic) bond motifs is 3. The van der Waals surface area contributed by atoms with Gasteiger partial charge < -0.3 is 24.8 Å². The average molecular weight is 671 g/mol. The van der Waals surface area contributed by atoms with Crippen LogP contribution in [0.15, 0.2) is 47.1 Å². The van der Waals surface area contributed by atoms with Gasteiger partial charge in [-0.3, -0.25) is 0 Å². The zero-order chi connectivity index (χ0) is 28.2. The van der Waals surface area contributed by atoms with Crippen molar-refractivity contribution in [2.75, 3.05) is 0 Å². The molecule has 0 N–H and O–H groups in total. The minimum absolute atomic E-state index is 0. The van der Waals surface area contributed by atoms with E-state index in [1.165, 1.54) is 52.6 Å². The molecule has 5 rings (SSSR count). The second-order valence-corrected chi connectivity index (χ2v) is 16.3. The first kappa shape index (κ1) is 36.6. The Morgan fingerprint density at radius 1 is 0.707 bits per heavy atom. The van der Waals surface area contributed by atoms with Gasteiger partial charge in [0.2, 0.25) is 0 Å². The number of halogens is 2. The minimum atomic E-state index is 0. The minimum Gasteiger partial charge on any atom is -1.00 e. The molecule has 0 saturated carbocycles. The van der Waals surface area contributed by atoms with E-state index in [2.05, 4.69) is 120 Å². The summed E-state index contributed by atoms with van der Waals surface area (Å²) in [6.45, 7) is 31.1. The Kier molecular flexibility index (Phi) is 10.4. The molecule has 0 nitrogen and oxygen atoms in total. The Morgan fingerprint density at radius 3 is 1.51 bits per heavy atom. The second kappa shape index (κ2) is 11.7. The Bertz CT molecular complexity index is 1320. The molecule has 222 valence electrons. The van der Waals surface area contributed by atoms with Crippen molar-refractivity contribution in [1.29, 1.82) is 0 Å². The van der Waals surface area contributed by atoms with Crippen molar-refractivity contribution in [2.24, 2.45) is 16.7 Å². The fourth-order valence-corrected chi connectivity index (χ4v) is 8.29. The van der Waals surface area contributed by atoms with Crippen LogP contribution < -0.4 is 24.8 Å². The van der Waals surface area contributed by atoms with E-state index in [0.717, 1.165) is 0 Å². The summed E-state index contributed by atoms with van der Waals surface area (Å²) < 4.78 is 0. The summed E-state index contributed by atoms with van der Waals surface area (Å²) in [6, 6.07) is 10.3. The Morgan fingerprint density at radius 2 is 1.15 bits per heavy atom. The van der Waals surface area contributed by atoms with Crippen molar-refractivity contribution >= 4 is 0 Å². The molecule has 0 radical (unpaired) electrons. The van der Waals surface area contributed by atoms with Gasteiger partial charge in [-0.25, -0.2) is 0 Å². The molecule has 1 unspecified atom stereocenters. The Balaban J connectivity index is 0.00000196. The van der Waals surface area contributed by atoms with E-state index in [1.54, 1.807) is 27.8 Å². The summed E-state index contributed by atoms with van der Waals surface area (Å²) >= 11 is 0. The molecule has 0 fully saturated rings. The third-order valence-electron chi connectivity index (χ3n) is 10.3. The molecule has 0 aromatic heterocycles. The number of allylic oxidation sites excluding steroid dienone is 4. The number of hydrogen-bond donors (Lipinski definition) is 0. The first-order chi connectivity index (χ1) is 17.4. The summed E-state index contributed by atoms with van der Waals surface area (Å²) in [7, 11) is 0. The van der Waals surface area contributed by atoms with E-state index in [1.807, 2.05) is 0 Å². The van der Waals surface area contributed by atoms with Crippen molar-refractivity contribution < 1.29 is 51.0 Å². The number of hydrogen-bond acceptors (Lipinski definition) is 0. The summed E-state index contributed by atoms with van der Waals surface area (Å²) in [5.74, 6) is 0.982. The fraction of sp³-hybridized carbons (Fsp3) is 0.579. The van der Waals surface area contributed by atoms with Crippen LogP contribution in [-0.4, -0.2) is 0 Å².